The minimum absolute atomic E-state index is 0.0306. The van der Waals surface area contributed by atoms with E-state index in [0.29, 0.717) is 0 Å². The largest absolute Gasteiger partial charge is 0.421 e. The molecule has 1 nitrogen and oxygen atoms in total. The molecule has 0 aromatic heterocycles. The van der Waals surface area contributed by atoms with Gasteiger partial charge in [-0.3, -0.25) is 0 Å². The van der Waals surface area contributed by atoms with Crippen LogP contribution in [0.15, 0.2) is 0 Å². The molecule has 0 saturated heterocycles. The highest BCUT2D eigenvalue weighted by molar-refractivity contribution is 6.49. The monoisotopic (exact) mass is 295 g/mol. The average molecular weight is 297 g/mol. The van der Waals surface area contributed by atoms with Crippen LogP contribution in [0.25, 0.3) is 0 Å². The topological polar surface area (TPSA) is 23.8 Å². The molecule has 0 N–H and O–H groups in total. The van der Waals surface area contributed by atoms with Crippen molar-refractivity contribution in [3.63, 3.8) is 0 Å². The minimum atomic E-state index is -4.74. The molecule has 1 unspecified atom stereocenters. The van der Waals surface area contributed by atoms with E-state index in [4.69, 9.17) is 40.1 Å². The zero-order valence-electron chi connectivity index (χ0n) is 8.71. The summed E-state index contributed by atoms with van der Waals surface area (Å²) in [4.78, 5) is 0. The average Bonchev–Trinajstić information content (AvgIpc) is 2.00. The Balaban J connectivity index is 4.70. The number of halogens is 6. The van der Waals surface area contributed by atoms with E-state index in [-0.39, 0.29) is 6.42 Å². The van der Waals surface area contributed by atoms with E-state index in [0.717, 1.165) is 0 Å². The van der Waals surface area contributed by atoms with Crippen molar-refractivity contribution in [3.8, 4) is 6.07 Å². The Morgan fingerprint density at radius 2 is 1.69 bits per heavy atom. The number of alkyl halides is 6. The second-order valence-electron chi connectivity index (χ2n) is 4.20. The first-order chi connectivity index (χ1) is 6.94. The van der Waals surface area contributed by atoms with Crippen molar-refractivity contribution in [2.75, 3.05) is 0 Å². The fraction of sp³-hybridized carbons (Fsp3) is 0.889. The maximum Gasteiger partial charge on any atom is 0.421 e. The van der Waals surface area contributed by atoms with Crippen LogP contribution in [0.5, 0.6) is 0 Å². The molecule has 7 heteroatoms. The Morgan fingerprint density at radius 3 is 2.00 bits per heavy atom. The third kappa shape index (κ3) is 4.20. The van der Waals surface area contributed by atoms with Crippen LogP contribution in [-0.2, 0) is 0 Å². The van der Waals surface area contributed by atoms with Crippen LogP contribution in [0.2, 0.25) is 0 Å². The molecule has 0 radical (unpaired) electrons. The van der Waals surface area contributed by atoms with E-state index in [1.165, 1.54) is 0 Å². The van der Waals surface area contributed by atoms with Gasteiger partial charge in [-0.25, -0.2) is 0 Å². The molecule has 1 atom stereocenters. The van der Waals surface area contributed by atoms with Crippen molar-refractivity contribution >= 4 is 34.8 Å². The van der Waals surface area contributed by atoms with Gasteiger partial charge in [0, 0.05) is 18.2 Å². The predicted molar refractivity (Wildman–Crippen MR) is 58.8 cm³/mol. The molecule has 0 aliphatic heterocycles. The van der Waals surface area contributed by atoms with E-state index in [2.05, 4.69) is 0 Å². The zero-order valence-corrected chi connectivity index (χ0v) is 11.0. The summed E-state index contributed by atoms with van der Waals surface area (Å²) in [5, 5.41) is 7.57. The molecule has 0 fully saturated rings. The van der Waals surface area contributed by atoms with Crippen molar-refractivity contribution < 1.29 is 13.2 Å². The van der Waals surface area contributed by atoms with E-state index in [1.807, 2.05) is 6.07 Å². The Morgan fingerprint density at radius 1 is 1.25 bits per heavy atom. The smallest absolute Gasteiger partial charge is 0.198 e. The molecule has 0 rings (SSSR count). The van der Waals surface area contributed by atoms with Crippen LogP contribution in [0.4, 0.5) is 13.2 Å². The van der Waals surface area contributed by atoms with Crippen LogP contribution >= 0.6 is 34.8 Å². The molecule has 94 valence electrons. The molecule has 0 amide bonds. The summed E-state index contributed by atoms with van der Waals surface area (Å²) in [5.74, 6) is 0. The lowest BCUT2D eigenvalue weighted by Gasteiger charge is -2.32. The number of nitrogens with zero attached hydrogens (tertiary/aromatic N) is 1. The molecule has 0 aromatic carbocycles. The van der Waals surface area contributed by atoms with Gasteiger partial charge < -0.3 is 0 Å². The van der Waals surface area contributed by atoms with E-state index >= 15 is 0 Å². The Bertz CT molecular complexity index is 281. The lowest BCUT2D eigenvalue weighted by molar-refractivity contribution is -0.143. The van der Waals surface area contributed by atoms with Gasteiger partial charge in [-0.1, -0.05) is 37.0 Å². The summed E-state index contributed by atoms with van der Waals surface area (Å²) in [7, 11) is 0. The summed E-state index contributed by atoms with van der Waals surface area (Å²) in [6, 6.07) is 1.86. The lowest BCUT2D eigenvalue weighted by atomic mass is 9.83. The summed E-state index contributed by atoms with van der Waals surface area (Å²) < 4.78 is 34.3. The highest BCUT2D eigenvalue weighted by Crippen LogP contribution is 2.47. The van der Waals surface area contributed by atoms with Crippen molar-refractivity contribution in [1.29, 1.82) is 5.26 Å². The fourth-order valence-corrected chi connectivity index (χ4v) is 1.71. The van der Waals surface area contributed by atoms with Crippen LogP contribution in [0.3, 0.4) is 0 Å². The first-order valence-electron chi connectivity index (χ1n) is 4.39. The SMILES string of the molecule is CC(C)(CC#N)C(Cl)CC(Cl)(Cl)C(F)(F)F. The van der Waals surface area contributed by atoms with Gasteiger partial charge in [-0.2, -0.15) is 18.4 Å². The van der Waals surface area contributed by atoms with E-state index < -0.39 is 27.7 Å². The molecule has 0 aliphatic carbocycles. The van der Waals surface area contributed by atoms with Gasteiger partial charge in [-0.05, 0) is 5.41 Å². The highest BCUT2D eigenvalue weighted by atomic mass is 35.5. The molecule has 0 bridgehead atoms. The quantitative estimate of drug-likeness (QED) is 0.692. The summed E-state index contributed by atoms with van der Waals surface area (Å²) >= 11 is 16.2. The third-order valence-electron chi connectivity index (χ3n) is 2.23. The van der Waals surface area contributed by atoms with Gasteiger partial charge in [0.25, 0.3) is 0 Å². The van der Waals surface area contributed by atoms with Crippen molar-refractivity contribution in [2.24, 2.45) is 5.41 Å². The van der Waals surface area contributed by atoms with Gasteiger partial charge in [0.05, 0.1) is 6.07 Å². The van der Waals surface area contributed by atoms with Crippen LogP contribution in [0.1, 0.15) is 26.7 Å². The Kier molecular flexibility index (Phi) is 5.25. The second-order valence-corrected chi connectivity index (χ2v) is 6.21. The third-order valence-corrected chi connectivity index (χ3v) is 3.72. The van der Waals surface area contributed by atoms with Crippen molar-refractivity contribution in [3.05, 3.63) is 0 Å². The van der Waals surface area contributed by atoms with Gasteiger partial charge >= 0.3 is 6.18 Å². The maximum atomic E-state index is 12.4. The van der Waals surface area contributed by atoms with Gasteiger partial charge in [0.1, 0.15) is 0 Å². The van der Waals surface area contributed by atoms with Crippen molar-refractivity contribution in [1.82, 2.24) is 0 Å². The first kappa shape index (κ1) is 16.1. The van der Waals surface area contributed by atoms with Crippen LogP contribution in [-0.4, -0.2) is 15.9 Å². The minimum Gasteiger partial charge on any atom is -0.198 e. The normalized spacial score (nSPS) is 15.7. The highest BCUT2D eigenvalue weighted by Gasteiger charge is 2.54. The second kappa shape index (κ2) is 5.20. The zero-order chi connectivity index (χ0) is 13.2. The molecule has 0 heterocycles. The molecule has 0 saturated carbocycles. The van der Waals surface area contributed by atoms with E-state index in [9.17, 15) is 13.2 Å². The summed E-state index contributed by atoms with van der Waals surface area (Å²) in [6.45, 7) is 3.18. The Hall–Kier alpha value is 0.150. The van der Waals surface area contributed by atoms with Crippen molar-refractivity contribution in [2.45, 2.75) is 42.6 Å². The van der Waals surface area contributed by atoms with Crippen LogP contribution in [0, 0.1) is 16.7 Å². The molecule has 16 heavy (non-hydrogen) atoms. The maximum absolute atomic E-state index is 12.4. The number of rotatable bonds is 4. The van der Waals surface area contributed by atoms with Crippen LogP contribution < -0.4 is 0 Å². The number of nitriles is 1. The molecular formula is C9H11Cl3F3N. The van der Waals surface area contributed by atoms with Gasteiger partial charge in [-0.15, -0.1) is 11.6 Å². The number of hydrogen-bond donors (Lipinski definition) is 0. The summed E-state index contributed by atoms with van der Waals surface area (Å²) in [6.07, 6.45) is -5.37. The molecular weight excluding hydrogens is 285 g/mol. The first-order valence-corrected chi connectivity index (χ1v) is 5.59. The van der Waals surface area contributed by atoms with Gasteiger partial charge in [0.2, 0.25) is 4.33 Å². The standard InChI is InChI=1S/C9H11Cl3F3N/c1-7(2,3-4-16)6(10)5-8(11,12)9(13,14)15/h6H,3,5H2,1-2H3. The Labute approximate surface area is 107 Å². The predicted octanol–water partition coefficient (Wildman–Crippen LogP) is 4.66. The number of hydrogen-bond acceptors (Lipinski definition) is 1. The molecule has 0 aromatic rings. The van der Waals surface area contributed by atoms with Gasteiger partial charge in [0.15, 0.2) is 0 Å². The van der Waals surface area contributed by atoms with E-state index in [1.54, 1.807) is 13.8 Å². The molecule has 0 spiro atoms. The summed E-state index contributed by atoms with van der Waals surface area (Å²) in [5.41, 5.74) is -0.781. The fourth-order valence-electron chi connectivity index (χ4n) is 0.932. The lowest BCUT2D eigenvalue weighted by Crippen LogP contribution is -2.40. The molecule has 0 aliphatic rings.